The molecule has 3 aromatic rings. The Morgan fingerprint density at radius 3 is 2.26 bits per heavy atom. The van der Waals surface area contributed by atoms with E-state index >= 15 is 0 Å². The van der Waals surface area contributed by atoms with Gasteiger partial charge in [0.2, 0.25) is 0 Å². The van der Waals surface area contributed by atoms with E-state index in [-0.39, 0.29) is 22.0 Å². The number of nitrogens with zero attached hydrogens (tertiary/aromatic N) is 2. The molecule has 2 heterocycles. The molecule has 1 fully saturated rings. The highest BCUT2D eigenvalue weighted by Crippen LogP contribution is 2.24. The van der Waals surface area contributed by atoms with Gasteiger partial charge in [-0.2, -0.15) is 0 Å². The van der Waals surface area contributed by atoms with Crippen LogP contribution in [-0.4, -0.2) is 37.7 Å². The molecule has 8 nitrogen and oxygen atoms in total. The normalized spacial score (nSPS) is 15.3. The maximum Gasteiger partial charge on any atom is 0.335 e. The van der Waals surface area contributed by atoms with Crippen LogP contribution in [0.3, 0.4) is 0 Å². The first-order chi connectivity index (χ1) is 14.8. The van der Waals surface area contributed by atoms with Crippen LogP contribution in [0.4, 0.5) is 5.69 Å². The first kappa shape index (κ1) is 20.0. The molecule has 0 atom stereocenters. The second kappa shape index (κ2) is 7.88. The lowest BCUT2D eigenvalue weighted by atomic mass is 10.1. The molecule has 0 bridgehead atoms. The van der Waals surface area contributed by atoms with Gasteiger partial charge >= 0.3 is 5.97 Å². The Hall–Kier alpha value is -4.24. The van der Waals surface area contributed by atoms with Crippen LogP contribution in [0.2, 0.25) is 0 Å². The number of anilines is 1. The summed E-state index contributed by atoms with van der Waals surface area (Å²) in [5, 5.41) is 21.0. The number of thiocarbonyl (C=S) groups is 1. The number of phenols is 1. The molecule has 9 heteroatoms. The first-order valence-corrected chi connectivity index (χ1v) is 9.47. The van der Waals surface area contributed by atoms with Crippen molar-refractivity contribution in [2.75, 3.05) is 4.90 Å². The summed E-state index contributed by atoms with van der Waals surface area (Å²) in [6.07, 6.45) is 3.21. The van der Waals surface area contributed by atoms with E-state index in [2.05, 4.69) is 5.32 Å². The standard InChI is InChI=1S/C22H15N3O5S/c26-17-9-7-14(8-10-17)24-11-1-2-16(24)12-18-19(27)23-22(31)25(20(18)28)15-5-3-13(4-6-15)21(29)30/h1-12,26H,(H,29,30)(H,23,27,31)/b18-12+. The highest BCUT2D eigenvalue weighted by Gasteiger charge is 2.34. The van der Waals surface area contributed by atoms with E-state index in [1.807, 2.05) is 0 Å². The van der Waals surface area contributed by atoms with Gasteiger partial charge in [0.25, 0.3) is 11.8 Å². The van der Waals surface area contributed by atoms with Crippen molar-refractivity contribution in [3.8, 4) is 11.4 Å². The summed E-state index contributed by atoms with van der Waals surface area (Å²) in [6, 6.07) is 15.6. The number of hydrogen-bond donors (Lipinski definition) is 3. The van der Waals surface area contributed by atoms with Gasteiger partial charge < -0.3 is 14.8 Å². The number of amides is 2. The molecule has 154 valence electrons. The molecule has 0 unspecified atom stereocenters. The van der Waals surface area contributed by atoms with E-state index in [1.165, 1.54) is 42.5 Å². The number of carbonyl (C=O) groups excluding carboxylic acids is 2. The molecule has 0 spiro atoms. The first-order valence-electron chi connectivity index (χ1n) is 9.07. The highest BCUT2D eigenvalue weighted by atomic mass is 32.1. The van der Waals surface area contributed by atoms with Crippen LogP contribution in [0, 0.1) is 0 Å². The van der Waals surface area contributed by atoms with Gasteiger partial charge in [-0.25, -0.2) is 4.79 Å². The summed E-state index contributed by atoms with van der Waals surface area (Å²) >= 11 is 5.16. The third-order valence-electron chi connectivity index (χ3n) is 4.67. The molecule has 1 aromatic heterocycles. The number of phenolic OH excluding ortho intramolecular Hbond substituents is 1. The summed E-state index contributed by atoms with van der Waals surface area (Å²) < 4.78 is 1.76. The van der Waals surface area contributed by atoms with Crippen molar-refractivity contribution in [2.24, 2.45) is 0 Å². The Kier molecular flexibility index (Phi) is 5.10. The summed E-state index contributed by atoms with van der Waals surface area (Å²) in [4.78, 5) is 37.9. The lowest BCUT2D eigenvalue weighted by Crippen LogP contribution is -2.54. The molecule has 0 saturated carbocycles. The molecule has 31 heavy (non-hydrogen) atoms. The minimum Gasteiger partial charge on any atom is -0.508 e. The molecule has 2 amide bonds. The molecular weight excluding hydrogens is 418 g/mol. The number of benzene rings is 2. The summed E-state index contributed by atoms with van der Waals surface area (Å²) in [7, 11) is 0. The van der Waals surface area contributed by atoms with E-state index in [4.69, 9.17) is 17.3 Å². The zero-order valence-corrected chi connectivity index (χ0v) is 16.7. The SMILES string of the molecule is O=C1NC(=S)N(c2ccc(C(=O)O)cc2)C(=O)/C1=C/c1cccn1-c1ccc(O)cc1. The van der Waals surface area contributed by atoms with Crippen LogP contribution in [0.15, 0.2) is 72.4 Å². The second-order valence-electron chi connectivity index (χ2n) is 6.63. The van der Waals surface area contributed by atoms with Crippen LogP contribution >= 0.6 is 12.2 Å². The molecule has 3 N–H and O–H groups in total. The van der Waals surface area contributed by atoms with Crippen LogP contribution in [0.25, 0.3) is 11.8 Å². The third kappa shape index (κ3) is 3.81. The van der Waals surface area contributed by atoms with Crippen LogP contribution < -0.4 is 10.2 Å². The van der Waals surface area contributed by atoms with Gasteiger partial charge in [0.05, 0.1) is 11.3 Å². The highest BCUT2D eigenvalue weighted by molar-refractivity contribution is 7.80. The van der Waals surface area contributed by atoms with E-state index in [0.717, 1.165) is 10.6 Å². The molecule has 0 aliphatic carbocycles. The van der Waals surface area contributed by atoms with E-state index in [9.17, 15) is 19.5 Å². The number of nitrogens with one attached hydrogen (secondary N) is 1. The Labute approximate surface area is 181 Å². The third-order valence-corrected chi connectivity index (χ3v) is 4.96. The fraction of sp³-hybridized carbons (Fsp3) is 0. The quantitative estimate of drug-likeness (QED) is 0.331. The van der Waals surface area contributed by atoms with E-state index in [0.29, 0.717) is 11.4 Å². The summed E-state index contributed by atoms with van der Waals surface area (Å²) in [5.41, 5.74) is 1.56. The van der Waals surface area contributed by atoms with Crippen molar-refractivity contribution in [1.29, 1.82) is 0 Å². The van der Waals surface area contributed by atoms with Gasteiger partial charge in [0.15, 0.2) is 5.11 Å². The average Bonchev–Trinajstić information content (AvgIpc) is 3.20. The predicted molar refractivity (Wildman–Crippen MR) is 117 cm³/mol. The number of aromatic carboxylic acids is 1. The Balaban J connectivity index is 1.71. The Morgan fingerprint density at radius 2 is 1.61 bits per heavy atom. The number of carbonyl (C=O) groups is 3. The number of carboxylic acid groups (broad SMARTS) is 1. The van der Waals surface area contributed by atoms with Gasteiger partial charge in [-0.15, -0.1) is 0 Å². The van der Waals surface area contributed by atoms with Crippen LogP contribution in [-0.2, 0) is 9.59 Å². The summed E-state index contributed by atoms with van der Waals surface area (Å²) in [6.45, 7) is 0. The van der Waals surface area contributed by atoms with Crippen molar-refractivity contribution < 1.29 is 24.6 Å². The van der Waals surface area contributed by atoms with Gasteiger partial charge in [-0.05, 0) is 79.0 Å². The van der Waals surface area contributed by atoms with Gasteiger partial charge in [-0.3, -0.25) is 19.8 Å². The van der Waals surface area contributed by atoms with Gasteiger partial charge in [0.1, 0.15) is 11.3 Å². The van der Waals surface area contributed by atoms with Crippen molar-refractivity contribution in [1.82, 2.24) is 9.88 Å². The maximum absolute atomic E-state index is 13.1. The van der Waals surface area contributed by atoms with E-state index in [1.54, 1.807) is 35.0 Å². The Bertz CT molecular complexity index is 1240. The summed E-state index contributed by atoms with van der Waals surface area (Å²) in [5.74, 6) is -2.24. The van der Waals surface area contributed by atoms with Crippen LogP contribution in [0.1, 0.15) is 16.1 Å². The molecule has 4 rings (SSSR count). The monoisotopic (exact) mass is 433 g/mol. The van der Waals surface area contributed by atoms with Crippen molar-refractivity contribution in [2.45, 2.75) is 0 Å². The van der Waals surface area contributed by atoms with Crippen molar-refractivity contribution in [3.05, 3.63) is 83.7 Å². The molecule has 2 aromatic carbocycles. The number of hydrogen-bond acceptors (Lipinski definition) is 5. The zero-order valence-electron chi connectivity index (χ0n) is 15.9. The second-order valence-corrected chi connectivity index (χ2v) is 7.02. The topological polar surface area (TPSA) is 112 Å². The zero-order chi connectivity index (χ0) is 22.1. The fourth-order valence-electron chi connectivity index (χ4n) is 3.15. The van der Waals surface area contributed by atoms with Crippen molar-refractivity contribution >= 4 is 46.9 Å². The minimum atomic E-state index is -1.09. The predicted octanol–water partition coefficient (Wildman–Crippen LogP) is 2.71. The van der Waals surface area contributed by atoms with Crippen molar-refractivity contribution in [3.63, 3.8) is 0 Å². The molecule has 1 aliphatic heterocycles. The maximum atomic E-state index is 13.1. The number of aromatic nitrogens is 1. The smallest absolute Gasteiger partial charge is 0.335 e. The average molecular weight is 433 g/mol. The fourth-order valence-corrected chi connectivity index (χ4v) is 3.43. The lowest BCUT2D eigenvalue weighted by Gasteiger charge is -2.29. The Morgan fingerprint density at radius 1 is 0.968 bits per heavy atom. The lowest BCUT2D eigenvalue weighted by molar-refractivity contribution is -0.122. The minimum absolute atomic E-state index is 0.0608. The van der Waals surface area contributed by atoms with Crippen LogP contribution in [0.5, 0.6) is 5.75 Å². The number of rotatable bonds is 4. The van der Waals surface area contributed by atoms with E-state index < -0.39 is 17.8 Å². The number of aromatic hydroxyl groups is 1. The van der Waals surface area contributed by atoms with Gasteiger partial charge in [-0.1, -0.05) is 0 Å². The largest absolute Gasteiger partial charge is 0.508 e. The molecule has 1 aliphatic rings. The molecule has 1 saturated heterocycles. The number of carboxylic acids is 1. The molecule has 0 radical (unpaired) electrons. The molecular formula is C22H15N3O5S. The van der Waals surface area contributed by atoms with Gasteiger partial charge in [0, 0.05) is 17.6 Å².